The molecule has 1 aromatic carbocycles. The number of aromatic hydroxyl groups is 2. The molecule has 6 heteroatoms. The lowest BCUT2D eigenvalue weighted by Gasteiger charge is -2.55. The van der Waals surface area contributed by atoms with E-state index in [0.29, 0.717) is 41.1 Å². The molecule has 1 heterocycles. The van der Waals surface area contributed by atoms with Gasteiger partial charge in [0.05, 0.1) is 23.0 Å². The molecule has 4 aliphatic rings. The van der Waals surface area contributed by atoms with Gasteiger partial charge in [0.25, 0.3) is 0 Å². The van der Waals surface area contributed by atoms with E-state index in [4.69, 9.17) is 0 Å². The normalized spacial score (nSPS) is 30.5. The molecule has 4 bridgehead atoms. The Morgan fingerprint density at radius 2 is 1.79 bits per heavy atom. The standard InChI is InChI=1S/C22H27N3O3/c1-2-15-6-16(19(27)7-18(15)26)20-17(11-23-25-20)24-21(28)22-8-12-3-13(9-22)5-14(4-12)10-22/h6-7,11-14,26-27H,2-5,8-10H2,1H3,(H,23,25)(H,24,28). The van der Waals surface area contributed by atoms with Crippen molar-refractivity contribution >= 4 is 11.6 Å². The monoisotopic (exact) mass is 381 g/mol. The van der Waals surface area contributed by atoms with Gasteiger partial charge >= 0.3 is 0 Å². The van der Waals surface area contributed by atoms with Crippen molar-refractivity contribution in [1.82, 2.24) is 10.2 Å². The fourth-order valence-corrected chi connectivity index (χ4v) is 6.34. The zero-order valence-electron chi connectivity index (χ0n) is 16.2. The van der Waals surface area contributed by atoms with Crippen LogP contribution in [0, 0.1) is 23.2 Å². The van der Waals surface area contributed by atoms with Crippen molar-refractivity contribution in [3.05, 3.63) is 23.9 Å². The van der Waals surface area contributed by atoms with Gasteiger partial charge < -0.3 is 15.5 Å². The zero-order chi connectivity index (χ0) is 19.5. The molecule has 0 unspecified atom stereocenters. The van der Waals surface area contributed by atoms with Gasteiger partial charge in [-0.3, -0.25) is 9.89 Å². The first-order chi connectivity index (χ1) is 13.5. The van der Waals surface area contributed by atoms with E-state index in [-0.39, 0.29) is 22.8 Å². The summed E-state index contributed by atoms with van der Waals surface area (Å²) in [5.74, 6) is 2.24. The smallest absolute Gasteiger partial charge is 0.230 e. The summed E-state index contributed by atoms with van der Waals surface area (Å²) in [7, 11) is 0. The van der Waals surface area contributed by atoms with Crippen LogP contribution in [-0.2, 0) is 11.2 Å². The van der Waals surface area contributed by atoms with Crippen molar-refractivity contribution < 1.29 is 15.0 Å². The Labute approximate surface area is 164 Å². The molecule has 0 radical (unpaired) electrons. The Balaban J connectivity index is 1.44. The Kier molecular flexibility index (Phi) is 3.93. The number of H-pyrrole nitrogens is 1. The highest BCUT2D eigenvalue weighted by molar-refractivity contribution is 5.99. The number of hydrogen-bond donors (Lipinski definition) is 4. The minimum absolute atomic E-state index is 0.0377. The van der Waals surface area contributed by atoms with Crippen molar-refractivity contribution in [2.75, 3.05) is 5.32 Å². The Bertz CT molecular complexity index is 898. The zero-order valence-corrected chi connectivity index (χ0v) is 16.2. The number of aromatic nitrogens is 2. The number of nitrogens with one attached hydrogen (secondary N) is 2. The van der Waals surface area contributed by atoms with E-state index < -0.39 is 0 Å². The molecule has 6 nitrogen and oxygen atoms in total. The van der Waals surface area contributed by atoms with Gasteiger partial charge in [-0.05, 0) is 74.3 Å². The van der Waals surface area contributed by atoms with Crippen LogP contribution in [0.15, 0.2) is 18.3 Å². The molecule has 4 aliphatic carbocycles. The minimum Gasteiger partial charge on any atom is -0.508 e. The number of amides is 1. The molecule has 4 saturated carbocycles. The van der Waals surface area contributed by atoms with Crippen LogP contribution in [0.5, 0.6) is 11.5 Å². The fraction of sp³-hybridized carbons (Fsp3) is 0.545. The van der Waals surface area contributed by atoms with E-state index in [1.54, 1.807) is 12.3 Å². The van der Waals surface area contributed by atoms with Crippen LogP contribution in [0.3, 0.4) is 0 Å². The van der Waals surface area contributed by atoms with Gasteiger partial charge in [0.2, 0.25) is 5.91 Å². The van der Waals surface area contributed by atoms with Crippen LogP contribution in [0.1, 0.15) is 51.0 Å². The molecule has 0 aliphatic heterocycles. The lowest BCUT2D eigenvalue weighted by molar-refractivity contribution is -0.140. The minimum atomic E-state index is -0.241. The van der Waals surface area contributed by atoms with E-state index in [2.05, 4.69) is 15.5 Å². The number of nitrogens with zero attached hydrogens (tertiary/aromatic N) is 1. The third kappa shape index (κ3) is 2.69. The van der Waals surface area contributed by atoms with Crippen LogP contribution in [-0.4, -0.2) is 26.3 Å². The van der Waals surface area contributed by atoms with Crippen molar-refractivity contribution in [2.45, 2.75) is 51.9 Å². The van der Waals surface area contributed by atoms with E-state index in [9.17, 15) is 15.0 Å². The van der Waals surface area contributed by atoms with Crippen LogP contribution >= 0.6 is 0 Å². The molecule has 1 amide bonds. The number of rotatable bonds is 4. The molecule has 0 spiro atoms. The third-order valence-electron chi connectivity index (χ3n) is 7.25. The molecule has 2 aromatic rings. The van der Waals surface area contributed by atoms with Crippen LogP contribution in [0.4, 0.5) is 5.69 Å². The number of benzene rings is 1. The lowest BCUT2D eigenvalue weighted by Crippen LogP contribution is -2.51. The van der Waals surface area contributed by atoms with Crippen molar-refractivity contribution in [1.29, 1.82) is 0 Å². The third-order valence-corrected chi connectivity index (χ3v) is 7.25. The summed E-state index contributed by atoms with van der Waals surface area (Å²) in [5, 5.41) is 30.4. The van der Waals surface area contributed by atoms with E-state index in [0.717, 1.165) is 24.8 Å². The largest absolute Gasteiger partial charge is 0.508 e. The quantitative estimate of drug-likeness (QED) is 0.638. The lowest BCUT2D eigenvalue weighted by atomic mass is 9.49. The first kappa shape index (κ1) is 17.6. The Morgan fingerprint density at radius 1 is 1.14 bits per heavy atom. The Hall–Kier alpha value is -2.50. The maximum atomic E-state index is 13.4. The van der Waals surface area contributed by atoms with Crippen molar-refractivity contribution in [2.24, 2.45) is 23.2 Å². The molecule has 1 aromatic heterocycles. The number of carbonyl (C=O) groups is 1. The van der Waals surface area contributed by atoms with Gasteiger partial charge in [0.15, 0.2) is 0 Å². The van der Waals surface area contributed by atoms with E-state index in [1.807, 2.05) is 6.92 Å². The molecular formula is C22H27N3O3. The number of aryl methyl sites for hydroxylation is 1. The molecule has 148 valence electrons. The van der Waals surface area contributed by atoms with Gasteiger partial charge in [-0.1, -0.05) is 6.92 Å². The van der Waals surface area contributed by atoms with Gasteiger partial charge in [0, 0.05) is 11.6 Å². The van der Waals surface area contributed by atoms with Crippen molar-refractivity contribution in [3.63, 3.8) is 0 Å². The summed E-state index contributed by atoms with van der Waals surface area (Å²) in [4.78, 5) is 13.4. The van der Waals surface area contributed by atoms with Crippen molar-refractivity contribution in [3.8, 4) is 22.8 Å². The van der Waals surface area contributed by atoms with Crippen LogP contribution < -0.4 is 5.32 Å². The van der Waals surface area contributed by atoms with Gasteiger partial charge in [-0.2, -0.15) is 5.10 Å². The molecule has 4 fully saturated rings. The topological polar surface area (TPSA) is 98.2 Å². The van der Waals surface area contributed by atoms with Gasteiger partial charge in [-0.15, -0.1) is 0 Å². The second kappa shape index (κ2) is 6.26. The molecule has 6 rings (SSSR count). The second-order valence-electron chi connectivity index (χ2n) is 9.16. The number of hydrogen-bond acceptors (Lipinski definition) is 4. The van der Waals surface area contributed by atoms with Crippen LogP contribution in [0.2, 0.25) is 0 Å². The maximum Gasteiger partial charge on any atom is 0.230 e. The number of anilines is 1. The van der Waals surface area contributed by atoms with Gasteiger partial charge in [-0.25, -0.2) is 0 Å². The summed E-state index contributed by atoms with van der Waals surface area (Å²) in [6.45, 7) is 1.94. The molecular weight excluding hydrogens is 354 g/mol. The molecule has 0 atom stereocenters. The average molecular weight is 381 g/mol. The highest BCUT2D eigenvalue weighted by Crippen LogP contribution is 2.60. The SMILES string of the molecule is CCc1cc(-c2[nH]ncc2NC(=O)C23CC4CC(CC(C4)C2)C3)c(O)cc1O. The summed E-state index contributed by atoms with van der Waals surface area (Å²) in [5.41, 5.74) is 2.19. The predicted molar refractivity (Wildman–Crippen MR) is 106 cm³/mol. The molecule has 0 saturated heterocycles. The molecule has 4 N–H and O–H groups in total. The number of carbonyl (C=O) groups excluding carboxylic acids is 1. The van der Waals surface area contributed by atoms with Crippen LogP contribution in [0.25, 0.3) is 11.3 Å². The summed E-state index contributed by atoms with van der Waals surface area (Å²) in [6.07, 6.45) is 9.14. The summed E-state index contributed by atoms with van der Waals surface area (Å²) >= 11 is 0. The van der Waals surface area contributed by atoms with E-state index >= 15 is 0 Å². The molecule has 28 heavy (non-hydrogen) atoms. The summed E-state index contributed by atoms with van der Waals surface area (Å²) in [6, 6.07) is 3.10. The van der Waals surface area contributed by atoms with E-state index in [1.165, 1.54) is 25.3 Å². The average Bonchev–Trinajstić information content (AvgIpc) is 3.08. The number of phenolic OH excluding ortho intramolecular Hbond substituents is 2. The second-order valence-corrected chi connectivity index (χ2v) is 9.16. The Morgan fingerprint density at radius 3 is 2.39 bits per heavy atom. The highest BCUT2D eigenvalue weighted by atomic mass is 16.3. The predicted octanol–water partition coefficient (Wildman–Crippen LogP) is 4.21. The number of aromatic amines is 1. The van der Waals surface area contributed by atoms with Gasteiger partial charge in [0.1, 0.15) is 11.5 Å². The first-order valence-electron chi connectivity index (χ1n) is 10.4. The maximum absolute atomic E-state index is 13.4. The highest BCUT2D eigenvalue weighted by Gasteiger charge is 2.54. The number of phenols is 2. The summed E-state index contributed by atoms with van der Waals surface area (Å²) < 4.78 is 0. The fourth-order valence-electron chi connectivity index (χ4n) is 6.34. The first-order valence-corrected chi connectivity index (χ1v) is 10.4.